The lowest BCUT2D eigenvalue weighted by Crippen LogP contribution is -2.38. The molecule has 1 unspecified atom stereocenters. The first-order valence-electron chi connectivity index (χ1n) is 6.32. The number of aliphatic hydroxyl groups excluding tert-OH is 1. The van der Waals surface area contributed by atoms with Crippen LogP contribution >= 0.6 is 0 Å². The van der Waals surface area contributed by atoms with Crippen molar-refractivity contribution in [1.29, 1.82) is 0 Å². The fraction of sp³-hybridized carbons (Fsp3) is 0.692. The van der Waals surface area contributed by atoms with E-state index >= 15 is 0 Å². The summed E-state index contributed by atoms with van der Waals surface area (Å²) in [5, 5.41) is 13.0. The fourth-order valence-corrected chi connectivity index (χ4v) is 1.79. The summed E-state index contributed by atoms with van der Waals surface area (Å²) in [5.41, 5.74) is 0. The van der Waals surface area contributed by atoms with Gasteiger partial charge >= 0.3 is 0 Å². The van der Waals surface area contributed by atoms with E-state index < -0.39 is 0 Å². The van der Waals surface area contributed by atoms with Crippen LogP contribution in [0.4, 0.5) is 0 Å². The van der Waals surface area contributed by atoms with Crippen molar-refractivity contribution in [3.63, 3.8) is 0 Å². The van der Waals surface area contributed by atoms with E-state index in [1.54, 1.807) is 0 Å². The van der Waals surface area contributed by atoms with Crippen LogP contribution in [0.5, 0.6) is 0 Å². The van der Waals surface area contributed by atoms with Crippen molar-refractivity contribution in [2.75, 3.05) is 26.2 Å². The monoisotopic (exact) mass is 240 g/mol. The van der Waals surface area contributed by atoms with Crippen LogP contribution in [0.1, 0.15) is 25.4 Å². The Morgan fingerprint density at radius 1 is 1.35 bits per heavy atom. The average Bonchev–Trinajstić information content (AvgIpc) is 2.72. The molecule has 17 heavy (non-hydrogen) atoms. The number of nitrogens with zero attached hydrogens (tertiary/aromatic N) is 1. The van der Waals surface area contributed by atoms with Crippen LogP contribution in [-0.2, 0) is 6.54 Å². The number of hydrogen-bond donors (Lipinski definition) is 2. The number of aliphatic hydroxyl groups is 1. The van der Waals surface area contributed by atoms with Gasteiger partial charge in [-0.1, -0.05) is 13.8 Å². The Balaban J connectivity index is 2.17. The summed E-state index contributed by atoms with van der Waals surface area (Å²) in [6, 6.07) is 3.91. The van der Waals surface area contributed by atoms with E-state index in [1.165, 1.54) is 0 Å². The van der Waals surface area contributed by atoms with Crippen molar-refractivity contribution in [1.82, 2.24) is 10.2 Å². The molecule has 0 spiro atoms. The van der Waals surface area contributed by atoms with Crippen LogP contribution in [0.2, 0.25) is 0 Å². The van der Waals surface area contributed by atoms with E-state index in [9.17, 15) is 5.11 Å². The van der Waals surface area contributed by atoms with Gasteiger partial charge in [-0.05, 0) is 32.1 Å². The number of furan rings is 1. The van der Waals surface area contributed by atoms with Gasteiger partial charge in [-0.3, -0.25) is 0 Å². The van der Waals surface area contributed by atoms with Gasteiger partial charge in [-0.2, -0.15) is 0 Å². The van der Waals surface area contributed by atoms with Crippen molar-refractivity contribution in [2.24, 2.45) is 0 Å². The van der Waals surface area contributed by atoms with Crippen LogP contribution in [0.15, 0.2) is 16.5 Å². The third-order valence-corrected chi connectivity index (χ3v) is 2.84. The summed E-state index contributed by atoms with van der Waals surface area (Å²) in [6.07, 6.45) is -0.328. The maximum atomic E-state index is 9.83. The van der Waals surface area contributed by atoms with Gasteiger partial charge < -0.3 is 19.7 Å². The molecule has 0 bridgehead atoms. The van der Waals surface area contributed by atoms with E-state index in [4.69, 9.17) is 4.42 Å². The lowest BCUT2D eigenvalue weighted by molar-refractivity contribution is 0.116. The molecule has 0 aromatic carbocycles. The molecule has 98 valence electrons. The van der Waals surface area contributed by atoms with Crippen molar-refractivity contribution >= 4 is 0 Å². The zero-order chi connectivity index (χ0) is 12.7. The van der Waals surface area contributed by atoms with Gasteiger partial charge in [0.15, 0.2) is 0 Å². The third-order valence-electron chi connectivity index (χ3n) is 2.84. The standard InChI is InChI=1S/C13H24N2O2/c1-4-15(5-2)10-12(16)8-14-9-13-7-6-11(3)17-13/h6-7,12,14,16H,4-5,8-10H2,1-3H3. The molecule has 1 aromatic heterocycles. The largest absolute Gasteiger partial charge is 0.465 e. The third kappa shape index (κ3) is 5.35. The predicted octanol–water partition coefficient (Wildman–Crippen LogP) is 1.38. The van der Waals surface area contributed by atoms with E-state index in [1.807, 2.05) is 19.1 Å². The highest BCUT2D eigenvalue weighted by Crippen LogP contribution is 2.05. The first-order chi connectivity index (χ1) is 8.15. The maximum Gasteiger partial charge on any atom is 0.117 e. The molecule has 1 heterocycles. The number of aryl methyl sites for hydroxylation is 1. The van der Waals surface area contributed by atoms with Gasteiger partial charge in [0.1, 0.15) is 11.5 Å². The van der Waals surface area contributed by atoms with Gasteiger partial charge in [-0.15, -0.1) is 0 Å². The Hall–Kier alpha value is -0.840. The van der Waals surface area contributed by atoms with Gasteiger partial charge in [0, 0.05) is 13.1 Å². The molecule has 0 aliphatic heterocycles. The molecule has 4 heteroatoms. The average molecular weight is 240 g/mol. The molecule has 0 aliphatic rings. The fourth-order valence-electron chi connectivity index (χ4n) is 1.79. The van der Waals surface area contributed by atoms with Crippen molar-refractivity contribution in [3.8, 4) is 0 Å². The summed E-state index contributed by atoms with van der Waals surface area (Å²) in [7, 11) is 0. The van der Waals surface area contributed by atoms with Gasteiger partial charge in [0.2, 0.25) is 0 Å². The van der Waals surface area contributed by atoms with Crippen LogP contribution < -0.4 is 5.32 Å². The number of rotatable bonds is 8. The Bertz CT molecular complexity index is 308. The summed E-state index contributed by atoms with van der Waals surface area (Å²) in [5.74, 6) is 1.84. The first-order valence-corrected chi connectivity index (χ1v) is 6.32. The maximum absolute atomic E-state index is 9.83. The van der Waals surface area contributed by atoms with Crippen molar-refractivity contribution in [3.05, 3.63) is 23.7 Å². The smallest absolute Gasteiger partial charge is 0.117 e. The summed E-state index contributed by atoms with van der Waals surface area (Å²) in [6.45, 7) is 10.1. The summed E-state index contributed by atoms with van der Waals surface area (Å²) >= 11 is 0. The highest BCUT2D eigenvalue weighted by molar-refractivity contribution is 5.05. The molecule has 2 N–H and O–H groups in total. The Morgan fingerprint density at radius 3 is 2.59 bits per heavy atom. The lowest BCUT2D eigenvalue weighted by atomic mass is 10.3. The molecule has 0 saturated heterocycles. The van der Waals surface area contributed by atoms with Gasteiger partial charge in [0.25, 0.3) is 0 Å². The molecular formula is C13H24N2O2. The second kappa shape index (κ2) is 7.48. The van der Waals surface area contributed by atoms with Crippen LogP contribution in [0, 0.1) is 6.92 Å². The highest BCUT2D eigenvalue weighted by Gasteiger charge is 2.08. The Kier molecular flexibility index (Phi) is 6.26. The molecular weight excluding hydrogens is 216 g/mol. The molecule has 0 aliphatic carbocycles. The summed E-state index contributed by atoms with van der Waals surface area (Å²) < 4.78 is 5.43. The molecule has 1 aromatic rings. The molecule has 0 amide bonds. The molecule has 4 nitrogen and oxygen atoms in total. The van der Waals surface area contributed by atoms with Crippen molar-refractivity contribution in [2.45, 2.75) is 33.4 Å². The van der Waals surface area contributed by atoms with Crippen LogP contribution in [0.25, 0.3) is 0 Å². The zero-order valence-corrected chi connectivity index (χ0v) is 11.1. The Labute approximate surface area is 104 Å². The van der Waals surface area contributed by atoms with Crippen molar-refractivity contribution < 1.29 is 9.52 Å². The van der Waals surface area contributed by atoms with Gasteiger partial charge in [-0.25, -0.2) is 0 Å². The minimum absolute atomic E-state index is 0.328. The predicted molar refractivity (Wildman–Crippen MR) is 68.9 cm³/mol. The minimum atomic E-state index is -0.328. The molecule has 0 saturated carbocycles. The molecule has 0 fully saturated rings. The molecule has 1 atom stereocenters. The first kappa shape index (κ1) is 14.2. The quantitative estimate of drug-likeness (QED) is 0.721. The molecule has 0 radical (unpaired) electrons. The zero-order valence-electron chi connectivity index (χ0n) is 11.1. The number of nitrogens with one attached hydrogen (secondary N) is 1. The number of hydrogen-bond acceptors (Lipinski definition) is 4. The molecule has 1 rings (SSSR count). The van der Waals surface area contributed by atoms with E-state index in [0.717, 1.165) is 31.2 Å². The van der Waals surface area contributed by atoms with E-state index in [0.29, 0.717) is 13.1 Å². The summed E-state index contributed by atoms with van der Waals surface area (Å²) in [4.78, 5) is 2.21. The van der Waals surface area contributed by atoms with E-state index in [2.05, 4.69) is 24.1 Å². The topological polar surface area (TPSA) is 48.6 Å². The highest BCUT2D eigenvalue weighted by atomic mass is 16.3. The number of likely N-dealkylation sites (N-methyl/N-ethyl adjacent to an activating group) is 1. The second-order valence-electron chi connectivity index (χ2n) is 4.28. The normalized spacial score (nSPS) is 13.2. The van der Waals surface area contributed by atoms with Crippen LogP contribution in [0.3, 0.4) is 0 Å². The van der Waals surface area contributed by atoms with E-state index in [-0.39, 0.29) is 6.10 Å². The lowest BCUT2D eigenvalue weighted by Gasteiger charge is -2.21. The second-order valence-corrected chi connectivity index (χ2v) is 4.28. The minimum Gasteiger partial charge on any atom is -0.465 e. The SMILES string of the molecule is CCN(CC)CC(O)CNCc1ccc(C)o1. The van der Waals surface area contributed by atoms with Gasteiger partial charge in [0.05, 0.1) is 12.6 Å². The van der Waals surface area contributed by atoms with Crippen LogP contribution in [-0.4, -0.2) is 42.3 Å². The Morgan fingerprint density at radius 2 is 2.06 bits per heavy atom.